The molecule has 1 aliphatic carbocycles. The van der Waals surface area contributed by atoms with Gasteiger partial charge in [-0.2, -0.15) is 0 Å². The Labute approximate surface area is 106 Å². The van der Waals surface area contributed by atoms with Gasteiger partial charge in [-0.25, -0.2) is 0 Å². The van der Waals surface area contributed by atoms with Crippen LogP contribution in [0.25, 0.3) is 0 Å². The second-order valence-electron chi connectivity index (χ2n) is 6.21. The van der Waals surface area contributed by atoms with Crippen molar-refractivity contribution < 1.29 is 5.11 Å². The molecule has 0 bridgehead atoms. The summed E-state index contributed by atoms with van der Waals surface area (Å²) in [6.45, 7) is 3.18. The van der Waals surface area contributed by atoms with Crippen LogP contribution in [-0.2, 0) is 0 Å². The maximum Gasteiger partial charge on any atom is 0.0669 e. The molecule has 1 heterocycles. The number of hydrogen-bond acceptors (Lipinski definition) is 3. The lowest BCUT2D eigenvalue weighted by molar-refractivity contribution is 0.0984. The Morgan fingerprint density at radius 2 is 1.94 bits per heavy atom. The molecule has 3 heteroatoms. The number of likely N-dealkylation sites (tertiary alicyclic amines) is 1. The Kier molecular flexibility index (Phi) is 4.83. The number of hydrogen-bond donors (Lipinski definition) is 1. The zero-order chi connectivity index (χ0) is 12.3. The fraction of sp³-hybridized carbons (Fsp3) is 1.00. The van der Waals surface area contributed by atoms with E-state index in [2.05, 4.69) is 23.9 Å². The average Bonchev–Trinajstić information content (AvgIpc) is 2.88. The molecule has 0 aromatic carbocycles. The van der Waals surface area contributed by atoms with Gasteiger partial charge in [-0.15, -0.1) is 0 Å². The third-order valence-corrected chi connectivity index (χ3v) is 4.53. The molecule has 3 nitrogen and oxygen atoms in total. The molecule has 17 heavy (non-hydrogen) atoms. The quantitative estimate of drug-likeness (QED) is 0.790. The molecule has 2 atom stereocenters. The number of rotatable bonds is 5. The normalized spacial score (nSPS) is 29.3. The monoisotopic (exact) mass is 240 g/mol. The molecule has 1 N–H and O–H groups in total. The first-order valence-electron chi connectivity index (χ1n) is 7.22. The van der Waals surface area contributed by atoms with Crippen molar-refractivity contribution in [3.05, 3.63) is 0 Å². The third-order valence-electron chi connectivity index (χ3n) is 4.53. The largest absolute Gasteiger partial charge is 0.392 e. The van der Waals surface area contributed by atoms with E-state index in [1.54, 1.807) is 0 Å². The second kappa shape index (κ2) is 6.17. The van der Waals surface area contributed by atoms with Crippen molar-refractivity contribution in [2.75, 3.05) is 33.7 Å². The number of aliphatic hydroxyl groups is 1. The molecule has 2 fully saturated rings. The minimum Gasteiger partial charge on any atom is -0.392 e. The average molecular weight is 240 g/mol. The van der Waals surface area contributed by atoms with Gasteiger partial charge in [-0.1, -0.05) is 25.7 Å². The standard InChI is InChI=1S/C14H28N2O/c1-15(2)13-7-8-16(10-13)11-14(17)9-12-5-3-4-6-12/h12-14,17H,3-11H2,1-2H3. The predicted octanol–water partition coefficient (Wildman–Crippen LogP) is 1.56. The molecule has 1 saturated carbocycles. The Bertz CT molecular complexity index is 226. The summed E-state index contributed by atoms with van der Waals surface area (Å²) in [7, 11) is 4.31. The zero-order valence-electron chi connectivity index (χ0n) is 11.4. The summed E-state index contributed by atoms with van der Waals surface area (Å²) in [6, 6.07) is 0.689. The number of nitrogens with zero attached hydrogens (tertiary/aromatic N) is 2. The van der Waals surface area contributed by atoms with E-state index in [1.165, 1.54) is 32.1 Å². The smallest absolute Gasteiger partial charge is 0.0669 e. The molecule has 2 rings (SSSR count). The summed E-state index contributed by atoms with van der Waals surface area (Å²) in [4.78, 5) is 4.74. The van der Waals surface area contributed by atoms with Gasteiger partial charge in [0.1, 0.15) is 0 Å². The molecule has 0 aromatic rings. The molecule has 1 aliphatic heterocycles. The maximum atomic E-state index is 10.1. The highest BCUT2D eigenvalue weighted by molar-refractivity contribution is 4.82. The van der Waals surface area contributed by atoms with Crippen LogP contribution in [0.1, 0.15) is 38.5 Å². The first-order chi connectivity index (χ1) is 8.15. The van der Waals surface area contributed by atoms with Crippen LogP contribution in [0.5, 0.6) is 0 Å². The maximum absolute atomic E-state index is 10.1. The van der Waals surface area contributed by atoms with E-state index in [9.17, 15) is 5.11 Å². The van der Waals surface area contributed by atoms with Crippen LogP contribution in [0.4, 0.5) is 0 Å². The lowest BCUT2D eigenvalue weighted by Crippen LogP contribution is -2.35. The van der Waals surface area contributed by atoms with E-state index in [0.29, 0.717) is 6.04 Å². The SMILES string of the molecule is CN(C)C1CCN(CC(O)CC2CCCC2)C1. The van der Waals surface area contributed by atoms with Crippen molar-refractivity contribution in [3.8, 4) is 0 Å². The van der Waals surface area contributed by atoms with E-state index in [1.807, 2.05) is 0 Å². The molecular weight excluding hydrogens is 212 g/mol. The summed E-state index contributed by atoms with van der Waals surface area (Å²) in [6.07, 6.45) is 7.63. The third kappa shape index (κ3) is 3.94. The van der Waals surface area contributed by atoms with E-state index >= 15 is 0 Å². The van der Waals surface area contributed by atoms with Crippen molar-refractivity contribution in [3.63, 3.8) is 0 Å². The summed E-state index contributed by atoms with van der Waals surface area (Å²) >= 11 is 0. The van der Waals surface area contributed by atoms with Crippen LogP contribution in [0.2, 0.25) is 0 Å². The molecular formula is C14H28N2O. The van der Waals surface area contributed by atoms with Gasteiger partial charge in [0.05, 0.1) is 6.10 Å². The predicted molar refractivity (Wildman–Crippen MR) is 71.1 cm³/mol. The first kappa shape index (κ1) is 13.3. The summed E-state index contributed by atoms with van der Waals surface area (Å²) in [5.74, 6) is 0.803. The van der Waals surface area contributed by atoms with Crippen molar-refractivity contribution in [2.45, 2.75) is 50.7 Å². The van der Waals surface area contributed by atoms with Gasteiger partial charge >= 0.3 is 0 Å². The number of likely N-dealkylation sites (N-methyl/N-ethyl adjacent to an activating group) is 1. The molecule has 100 valence electrons. The van der Waals surface area contributed by atoms with Gasteiger partial charge in [0.15, 0.2) is 0 Å². The molecule has 0 aromatic heterocycles. The number of β-amino-alcohol motifs (C(OH)–C–C–N with tert-alkyl or cyclic N) is 1. The van der Waals surface area contributed by atoms with Crippen LogP contribution in [0.15, 0.2) is 0 Å². The summed E-state index contributed by atoms with van der Waals surface area (Å²) < 4.78 is 0. The highest BCUT2D eigenvalue weighted by Gasteiger charge is 2.26. The van der Waals surface area contributed by atoms with Crippen molar-refractivity contribution in [1.82, 2.24) is 9.80 Å². The van der Waals surface area contributed by atoms with E-state index < -0.39 is 0 Å². The van der Waals surface area contributed by atoms with Crippen LogP contribution in [0.3, 0.4) is 0 Å². The fourth-order valence-electron chi connectivity index (χ4n) is 3.40. The Morgan fingerprint density at radius 1 is 1.24 bits per heavy atom. The van der Waals surface area contributed by atoms with E-state index in [0.717, 1.165) is 32.0 Å². The minimum atomic E-state index is -0.0981. The Morgan fingerprint density at radius 3 is 2.53 bits per heavy atom. The van der Waals surface area contributed by atoms with Crippen LogP contribution in [-0.4, -0.2) is 60.8 Å². The van der Waals surface area contributed by atoms with Gasteiger partial charge < -0.3 is 10.0 Å². The highest BCUT2D eigenvalue weighted by Crippen LogP contribution is 2.29. The summed E-state index contributed by atoms with van der Waals surface area (Å²) in [5, 5.41) is 10.1. The molecule has 1 saturated heterocycles. The lowest BCUT2D eigenvalue weighted by atomic mass is 10.00. The molecule has 0 amide bonds. The second-order valence-corrected chi connectivity index (χ2v) is 6.21. The fourth-order valence-corrected chi connectivity index (χ4v) is 3.40. The van der Waals surface area contributed by atoms with Gasteiger partial charge in [-0.3, -0.25) is 4.90 Å². The lowest BCUT2D eigenvalue weighted by Gasteiger charge is -2.23. The number of aliphatic hydroxyl groups excluding tert-OH is 1. The van der Waals surface area contributed by atoms with Crippen LogP contribution < -0.4 is 0 Å². The van der Waals surface area contributed by atoms with Crippen LogP contribution >= 0.6 is 0 Å². The van der Waals surface area contributed by atoms with Crippen molar-refractivity contribution in [1.29, 1.82) is 0 Å². The molecule has 2 unspecified atom stereocenters. The molecule has 2 aliphatic rings. The van der Waals surface area contributed by atoms with E-state index in [4.69, 9.17) is 0 Å². The van der Waals surface area contributed by atoms with E-state index in [-0.39, 0.29) is 6.10 Å². The van der Waals surface area contributed by atoms with Gasteiger partial charge in [0.25, 0.3) is 0 Å². The molecule has 0 spiro atoms. The van der Waals surface area contributed by atoms with Gasteiger partial charge in [0, 0.05) is 19.1 Å². The topological polar surface area (TPSA) is 26.7 Å². The van der Waals surface area contributed by atoms with Crippen molar-refractivity contribution in [2.24, 2.45) is 5.92 Å². The Balaban J connectivity index is 1.66. The van der Waals surface area contributed by atoms with Gasteiger partial charge in [0.2, 0.25) is 0 Å². The summed E-state index contributed by atoms with van der Waals surface area (Å²) in [5.41, 5.74) is 0. The van der Waals surface area contributed by atoms with Crippen LogP contribution in [0, 0.1) is 5.92 Å². The highest BCUT2D eigenvalue weighted by atomic mass is 16.3. The first-order valence-corrected chi connectivity index (χ1v) is 7.22. The van der Waals surface area contributed by atoms with Gasteiger partial charge in [-0.05, 0) is 39.4 Å². The zero-order valence-corrected chi connectivity index (χ0v) is 11.4. The molecule has 0 radical (unpaired) electrons. The minimum absolute atomic E-state index is 0.0981. The Hall–Kier alpha value is -0.120. The van der Waals surface area contributed by atoms with Crippen molar-refractivity contribution >= 4 is 0 Å².